The molecule has 0 aliphatic heterocycles. The normalized spacial score (nSPS) is 13.7. The Morgan fingerprint density at radius 1 is 0.436 bits per heavy atom. The Hall–Kier alpha value is -8.74. The first-order valence-corrected chi connectivity index (χ1v) is 24.5. The van der Waals surface area contributed by atoms with Gasteiger partial charge >= 0.3 is 11.9 Å². The molecule has 2 heterocycles. The largest absolute Gasteiger partial charge is 0.497 e. The van der Waals surface area contributed by atoms with Gasteiger partial charge < -0.3 is 37.9 Å². The summed E-state index contributed by atoms with van der Waals surface area (Å²) in [6, 6.07) is 23.5. The van der Waals surface area contributed by atoms with Crippen molar-refractivity contribution in [3.05, 3.63) is 174 Å². The van der Waals surface area contributed by atoms with Crippen LogP contribution in [0.1, 0.15) is 57.1 Å². The summed E-state index contributed by atoms with van der Waals surface area (Å²) in [6.07, 6.45) is -0.360. The minimum atomic E-state index is -0.645. The van der Waals surface area contributed by atoms with Gasteiger partial charge in [0.2, 0.25) is 46.2 Å². The van der Waals surface area contributed by atoms with E-state index >= 15 is 0 Å². The van der Waals surface area contributed by atoms with E-state index < -0.39 is 48.3 Å². The second-order valence-electron chi connectivity index (χ2n) is 17.5. The number of carbonyl (C=O) groups excluding carboxylic acids is 8. The first-order valence-electron chi connectivity index (χ1n) is 23.8. The van der Waals surface area contributed by atoms with Gasteiger partial charge in [0.1, 0.15) is 24.7 Å². The lowest BCUT2D eigenvalue weighted by Gasteiger charge is -2.20. The zero-order valence-electron chi connectivity index (χ0n) is 44.1. The van der Waals surface area contributed by atoms with Crippen molar-refractivity contribution in [3.63, 3.8) is 0 Å². The number of allylic oxidation sites excluding steroid dienone is 4. The van der Waals surface area contributed by atoms with E-state index in [1.807, 2.05) is 0 Å². The van der Waals surface area contributed by atoms with Crippen molar-refractivity contribution in [2.24, 2.45) is 0 Å². The average molecular weight is 1100 g/mol. The number of fused-ring (bicyclic) bond motifs is 2. The molecule has 0 radical (unpaired) electrons. The molecule has 0 amide bonds. The molecular weight excluding hydrogens is 1050 g/mol. The molecule has 404 valence electrons. The monoisotopic (exact) mass is 1100 g/mol. The first-order chi connectivity index (χ1) is 37.2. The van der Waals surface area contributed by atoms with Crippen LogP contribution in [-0.4, -0.2) is 112 Å². The Morgan fingerprint density at radius 2 is 0.756 bits per heavy atom. The fourth-order valence-electron chi connectivity index (χ4n) is 9.02. The summed E-state index contributed by atoms with van der Waals surface area (Å²) in [5.41, 5.74) is 4.43. The summed E-state index contributed by atoms with van der Waals surface area (Å²) in [6.45, 7) is 5.55. The molecule has 78 heavy (non-hydrogen) atoms. The summed E-state index contributed by atoms with van der Waals surface area (Å²) < 4.78 is 44.8. The number of ether oxygens (including phenoxy) is 8. The predicted octanol–water partition coefficient (Wildman–Crippen LogP) is 8.72. The molecule has 0 saturated carbocycles. The fourth-order valence-corrected chi connectivity index (χ4v) is 9.27. The number of methoxy groups -OCH3 is 6. The predicted molar refractivity (Wildman–Crippen MR) is 286 cm³/mol. The Bertz CT molecular complexity index is 3390. The van der Waals surface area contributed by atoms with Crippen molar-refractivity contribution in [2.75, 3.05) is 55.9 Å². The summed E-state index contributed by atoms with van der Waals surface area (Å²) in [5.74, 6) is -3.91. The van der Waals surface area contributed by atoms with Crippen LogP contribution in [0, 0.1) is 13.8 Å². The van der Waals surface area contributed by atoms with E-state index in [4.69, 9.17) is 61.1 Å². The molecule has 2 aliphatic carbocycles. The van der Waals surface area contributed by atoms with Gasteiger partial charge in [0.15, 0.2) is 0 Å². The third-order valence-corrected chi connectivity index (χ3v) is 13.8. The first kappa shape index (κ1) is 57.0. The molecule has 4 aromatic carbocycles. The molecule has 0 fully saturated rings. The van der Waals surface area contributed by atoms with Crippen LogP contribution >= 0.6 is 23.2 Å². The van der Waals surface area contributed by atoms with Crippen LogP contribution in [0.4, 0.5) is 0 Å². The Balaban J connectivity index is 0.000000226. The van der Waals surface area contributed by atoms with Gasteiger partial charge in [0, 0.05) is 77.8 Å². The van der Waals surface area contributed by atoms with E-state index in [-0.39, 0.29) is 70.0 Å². The maximum atomic E-state index is 13.5. The molecule has 0 spiro atoms. The van der Waals surface area contributed by atoms with Gasteiger partial charge in [0.25, 0.3) is 11.8 Å². The summed E-state index contributed by atoms with van der Waals surface area (Å²) >= 11 is 12.0. The molecule has 0 bridgehead atoms. The number of Topliss-reactive ketones (excluding diaryl/α,β-unsaturated/α-hetero) is 4. The van der Waals surface area contributed by atoms with E-state index in [1.165, 1.54) is 65.6 Å². The molecule has 8 rings (SSSR count). The second-order valence-corrected chi connectivity index (χ2v) is 18.4. The number of esters is 2. The van der Waals surface area contributed by atoms with Crippen molar-refractivity contribution in [1.29, 1.82) is 0 Å². The number of hydrogen-bond donors (Lipinski definition) is 0. The fraction of sp³-hybridized carbons (Fsp3) is 0.241. The van der Waals surface area contributed by atoms with Crippen molar-refractivity contribution in [3.8, 4) is 11.5 Å². The van der Waals surface area contributed by atoms with Crippen LogP contribution in [0.5, 0.6) is 11.5 Å². The van der Waals surface area contributed by atoms with Crippen LogP contribution in [0.25, 0.3) is 21.8 Å². The minimum absolute atomic E-state index is 0.00722. The van der Waals surface area contributed by atoms with Gasteiger partial charge in [-0.25, -0.2) is 0 Å². The van der Waals surface area contributed by atoms with Crippen molar-refractivity contribution < 1.29 is 76.3 Å². The van der Waals surface area contributed by atoms with Crippen LogP contribution in [0.3, 0.4) is 0 Å². The zero-order chi connectivity index (χ0) is 56.9. The van der Waals surface area contributed by atoms with Gasteiger partial charge in [0.05, 0.1) is 66.5 Å². The van der Waals surface area contributed by atoms with E-state index in [9.17, 15) is 38.4 Å². The van der Waals surface area contributed by atoms with Crippen LogP contribution < -0.4 is 9.47 Å². The summed E-state index contributed by atoms with van der Waals surface area (Å²) in [4.78, 5) is 104. The van der Waals surface area contributed by atoms with Gasteiger partial charge in [-0.2, -0.15) is 0 Å². The molecule has 6 aromatic rings. The molecule has 2 aromatic heterocycles. The Morgan fingerprint density at radius 3 is 1.06 bits per heavy atom. The number of benzene rings is 4. The maximum Gasteiger partial charge on any atom is 0.310 e. The maximum absolute atomic E-state index is 13.5. The third kappa shape index (κ3) is 11.1. The third-order valence-electron chi connectivity index (χ3n) is 13.3. The smallest absolute Gasteiger partial charge is 0.310 e. The van der Waals surface area contributed by atoms with Crippen LogP contribution in [-0.2, 0) is 70.0 Å². The molecule has 0 saturated heterocycles. The number of carbonyl (C=O) groups is 8. The van der Waals surface area contributed by atoms with E-state index in [0.29, 0.717) is 77.0 Å². The molecular formula is C58H52Cl2N2O16. The highest BCUT2D eigenvalue weighted by atomic mass is 35.5. The highest BCUT2D eigenvalue weighted by molar-refractivity contribution is 6.31. The quantitative estimate of drug-likeness (QED) is 0.0653. The van der Waals surface area contributed by atoms with E-state index in [1.54, 1.807) is 98.8 Å². The van der Waals surface area contributed by atoms with Crippen molar-refractivity contribution >= 4 is 91.9 Å². The number of ketones is 4. The molecule has 0 N–H and O–H groups in total. The van der Waals surface area contributed by atoms with E-state index in [2.05, 4.69) is 0 Å². The lowest BCUT2D eigenvalue weighted by Crippen LogP contribution is -2.28. The summed E-state index contributed by atoms with van der Waals surface area (Å²) in [5, 5.41) is 2.34. The second kappa shape index (κ2) is 24.1. The standard InChI is InChI=1S/2C29H26ClNO8/c2*1-15-22(26(34)28(38-5)27(37-4)25(15)33)14-39-24(32)13-21-16(2)31(23-12-19(36-3)10-11-20(21)23)29(35)17-6-8-18(30)9-7-17/h2*6-12H,13-14H2,1-5H3. The number of halogens is 2. The number of nitrogens with zero attached hydrogens (tertiary/aromatic N) is 2. The van der Waals surface area contributed by atoms with Gasteiger partial charge in [-0.05, 0) is 112 Å². The number of hydrogen-bond acceptors (Lipinski definition) is 16. The van der Waals surface area contributed by atoms with Crippen molar-refractivity contribution in [1.82, 2.24) is 9.13 Å². The van der Waals surface area contributed by atoms with Gasteiger partial charge in [-0.3, -0.25) is 47.5 Å². The van der Waals surface area contributed by atoms with Crippen molar-refractivity contribution in [2.45, 2.75) is 40.5 Å². The highest BCUT2D eigenvalue weighted by Gasteiger charge is 2.37. The summed E-state index contributed by atoms with van der Waals surface area (Å²) in [7, 11) is 8.09. The Kier molecular flexibility index (Phi) is 17.6. The molecule has 0 atom stereocenters. The minimum Gasteiger partial charge on any atom is -0.497 e. The van der Waals surface area contributed by atoms with Crippen LogP contribution in [0.2, 0.25) is 10.0 Å². The number of aromatic nitrogens is 2. The number of rotatable bonds is 16. The SMILES string of the molecule is COC1=C(OC)C(=O)C(COC(=O)Cc2c(C)n(C(=O)c3ccc(Cl)cc3)c3cc(OC)ccc23)=C(C)C1=O.COC1=C(OC)C(=O)C(COC(=O)Cc2c(C)n(C(=O)c3ccc(Cl)cc3)c3cc(OC)ccc23)=C(C)C1=O. The van der Waals surface area contributed by atoms with E-state index in [0.717, 1.165) is 0 Å². The topological polar surface area (TPSA) is 220 Å². The average Bonchev–Trinajstić information content (AvgIpc) is 3.95. The van der Waals surface area contributed by atoms with Gasteiger partial charge in [-0.15, -0.1) is 0 Å². The molecule has 18 nitrogen and oxygen atoms in total. The Labute approximate surface area is 457 Å². The zero-order valence-corrected chi connectivity index (χ0v) is 45.6. The lowest BCUT2D eigenvalue weighted by molar-refractivity contribution is -0.143. The molecule has 0 unspecified atom stereocenters. The molecule has 20 heteroatoms. The molecule has 2 aliphatic rings. The van der Waals surface area contributed by atoms with Gasteiger partial charge in [-0.1, -0.05) is 23.2 Å². The lowest BCUT2D eigenvalue weighted by atomic mass is 9.93. The highest BCUT2D eigenvalue weighted by Crippen LogP contribution is 2.34. The van der Waals surface area contributed by atoms with Crippen LogP contribution in [0.15, 0.2) is 130 Å².